The first-order valence-electron chi connectivity index (χ1n) is 9.43. The Balaban J connectivity index is 1.90. The predicted octanol–water partition coefficient (Wildman–Crippen LogP) is 5.05. The lowest BCUT2D eigenvalue weighted by Gasteiger charge is -2.46. The van der Waals surface area contributed by atoms with Gasteiger partial charge in [0.1, 0.15) is 0 Å². The second-order valence-electron chi connectivity index (χ2n) is 9.44. The molecule has 0 bridgehead atoms. The average Bonchev–Trinajstić information content (AvgIpc) is 2.52. The van der Waals surface area contributed by atoms with Gasteiger partial charge in [-0.15, -0.1) is 0 Å². The molecule has 4 heteroatoms. The van der Waals surface area contributed by atoms with Crippen molar-refractivity contribution in [3.05, 3.63) is 28.2 Å². The Kier molecular flexibility index (Phi) is 5.21. The van der Waals surface area contributed by atoms with Gasteiger partial charge in [0.05, 0.1) is 0 Å². The van der Waals surface area contributed by atoms with E-state index in [0.717, 1.165) is 32.6 Å². The van der Waals surface area contributed by atoms with Gasteiger partial charge in [0.25, 0.3) is 0 Å². The fraction of sp³-hybridized carbons (Fsp3) is 0.667. The maximum absolute atomic E-state index is 11.0. The topological polar surface area (TPSA) is 23.6 Å². The molecule has 1 aliphatic carbocycles. The first kappa shape index (κ1) is 18.8. The lowest BCUT2D eigenvalue weighted by Crippen LogP contribution is -2.46. The molecular formula is C21H31BrN2O. The van der Waals surface area contributed by atoms with Gasteiger partial charge in [0.15, 0.2) is 0 Å². The van der Waals surface area contributed by atoms with Crippen molar-refractivity contribution in [2.75, 3.05) is 31.1 Å². The molecule has 1 saturated carbocycles. The maximum atomic E-state index is 11.0. The molecule has 0 spiro atoms. The Hall–Kier alpha value is -1.03. The Labute approximate surface area is 160 Å². The lowest BCUT2D eigenvalue weighted by atomic mass is 9.60. The molecule has 3 nitrogen and oxygen atoms in total. The Morgan fingerprint density at radius 2 is 1.64 bits per heavy atom. The van der Waals surface area contributed by atoms with Gasteiger partial charge in [-0.25, -0.2) is 0 Å². The highest BCUT2D eigenvalue weighted by molar-refractivity contribution is 9.10. The summed E-state index contributed by atoms with van der Waals surface area (Å²) >= 11 is 3.69. The van der Waals surface area contributed by atoms with Gasteiger partial charge in [-0.1, -0.05) is 43.6 Å². The third-order valence-corrected chi connectivity index (χ3v) is 6.28. The molecule has 1 amide bonds. The summed E-state index contributed by atoms with van der Waals surface area (Å²) in [5.41, 5.74) is 3.60. The number of piperazine rings is 1. The van der Waals surface area contributed by atoms with E-state index in [1.807, 2.05) is 4.90 Å². The van der Waals surface area contributed by atoms with Gasteiger partial charge >= 0.3 is 0 Å². The van der Waals surface area contributed by atoms with Gasteiger partial charge in [0.2, 0.25) is 6.41 Å². The van der Waals surface area contributed by atoms with Crippen molar-refractivity contribution >= 4 is 28.0 Å². The normalized spacial score (nSPS) is 23.6. The number of carbonyl (C=O) groups is 1. The molecule has 1 heterocycles. The van der Waals surface area contributed by atoms with Crippen LogP contribution in [0.15, 0.2) is 22.7 Å². The summed E-state index contributed by atoms with van der Waals surface area (Å²) in [6.07, 6.45) is 4.76. The third kappa shape index (κ3) is 4.39. The number of halogens is 1. The lowest BCUT2D eigenvalue weighted by molar-refractivity contribution is -0.118. The van der Waals surface area contributed by atoms with E-state index in [2.05, 4.69) is 66.7 Å². The number of hydrogen-bond acceptors (Lipinski definition) is 2. The van der Waals surface area contributed by atoms with E-state index < -0.39 is 0 Å². The molecule has 2 fully saturated rings. The van der Waals surface area contributed by atoms with Gasteiger partial charge < -0.3 is 9.80 Å². The Morgan fingerprint density at radius 1 is 1.04 bits per heavy atom. The third-order valence-electron chi connectivity index (χ3n) is 5.79. The first-order chi connectivity index (χ1) is 11.7. The summed E-state index contributed by atoms with van der Waals surface area (Å²) in [4.78, 5) is 15.4. The Bertz CT molecular complexity index is 617. The molecule has 1 saturated heterocycles. The van der Waals surface area contributed by atoms with Crippen LogP contribution in [0.25, 0.3) is 0 Å². The van der Waals surface area contributed by atoms with Crippen LogP contribution < -0.4 is 4.90 Å². The Morgan fingerprint density at radius 3 is 2.20 bits per heavy atom. The van der Waals surface area contributed by atoms with E-state index in [1.54, 1.807) is 0 Å². The number of amides is 1. The summed E-state index contributed by atoms with van der Waals surface area (Å²) in [6.45, 7) is 13.2. The van der Waals surface area contributed by atoms with Crippen LogP contribution in [0.2, 0.25) is 0 Å². The zero-order chi connectivity index (χ0) is 18.2. The van der Waals surface area contributed by atoms with Crippen LogP contribution in [-0.2, 0) is 4.79 Å². The molecule has 0 unspecified atom stereocenters. The molecule has 3 rings (SSSR count). The number of benzene rings is 1. The number of nitrogens with zero attached hydrogens (tertiary/aromatic N) is 2. The molecule has 1 aromatic rings. The zero-order valence-electron chi connectivity index (χ0n) is 16.0. The fourth-order valence-electron chi connectivity index (χ4n) is 5.27. The summed E-state index contributed by atoms with van der Waals surface area (Å²) in [7, 11) is 0. The van der Waals surface area contributed by atoms with Crippen LogP contribution in [0.5, 0.6) is 0 Å². The van der Waals surface area contributed by atoms with Crippen LogP contribution >= 0.6 is 15.9 Å². The zero-order valence-corrected chi connectivity index (χ0v) is 17.6. The SMILES string of the molecule is CC1(C)CC(c2cc(Br)ccc2N2CCN(C=O)CC2)CC(C)(C)C1. The minimum absolute atomic E-state index is 0.377. The van der Waals surface area contributed by atoms with E-state index in [0.29, 0.717) is 16.7 Å². The fourth-order valence-corrected chi connectivity index (χ4v) is 5.65. The van der Waals surface area contributed by atoms with Crippen molar-refractivity contribution in [3.63, 3.8) is 0 Å². The average molecular weight is 407 g/mol. The maximum Gasteiger partial charge on any atom is 0.209 e. The molecule has 1 aromatic carbocycles. The smallest absolute Gasteiger partial charge is 0.209 e. The minimum Gasteiger partial charge on any atom is -0.368 e. The molecule has 0 aromatic heterocycles. The van der Waals surface area contributed by atoms with E-state index in [1.165, 1.54) is 35.0 Å². The van der Waals surface area contributed by atoms with Crippen molar-refractivity contribution in [1.82, 2.24) is 4.90 Å². The van der Waals surface area contributed by atoms with Crippen LogP contribution in [0.1, 0.15) is 58.4 Å². The number of rotatable bonds is 3. The standard InChI is InChI=1S/C21H31BrN2O/c1-20(2)12-16(13-21(3,4)14-20)18-11-17(22)5-6-19(18)24-9-7-23(15-25)8-10-24/h5-6,11,15-16H,7-10,12-14H2,1-4H3. The number of anilines is 1. The van der Waals surface area contributed by atoms with Crippen molar-refractivity contribution in [3.8, 4) is 0 Å². The molecule has 2 aliphatic rings. The summed E-state index contributed by atoms with van der Waals surface area (Å²) in [5.74, 6) is 0.593. The molecule has 0 radical (unpaired) electrons. The molecule has 138 valence electrons. The van der Waals surface area contributed by atoms with E-state index in [4.69, 9.17) is 0 Å². The van der Waals surface area contributed by atoms with Crippen molar-refractivity contribution in [2.45, 2.75) is 52.9 Å². The minimum atomic E-state index is 0.377. The number of hydrogen-bond donors (Lipinski definition) is 0. The molecule has 1 aliphatic heterocycles. The van der Waals surface area contributed by atoms with Gasteiger partial charge in [-0.3, -0.25) is 4.79 Å². The molecule has 0 N–H and O–H groups in total. The second kappa shape index (κ2) is 6.94. The quantitative estimate of drug-likeness (QED) is 0.655. The van der Waals surface area contributed by atoms with Gasteiger partial charge in [-0.2, -0.15) is 0 Å². The predicted molar refractivity (Wildman–Crippen MR) is 108 cm³/mol. The van der Waals surface area contributed by atoms with E-state index >= 15 is 0 Å². The summed E-state index contributed by atoms with van der Waals surface area (Å²) in [5, 5.41) is 0. The number of carbonyl (C=O) groups excluding carboxylic acids is 1. The van der Waals surface area contributed by atoms with Crippen molar-refractivity contribution in [2.24, 2.45) is 10.8 Å². The van der Waals surface area contributed by atoms with E-state index in [-0.39, 0.29) is 0 Å². The highest BCUT2D eigenvalue weighted by Gasteiger charge is 2.40. The molecule has 25 heavy (non-hydrogen) atoms. The highest BCUT2D eigenvalue weighted by Crippen LogP contribution is 2.53. The monoisotopic (exact) mass is 406 g/mol. The van der Waals surface area contributed by atoms with Crippen LogP contribution in [0.4, 0.5) is 5.69 Å². The van der Waals surface area contributed by atoms with Crippen molar-refractivity contribution < 1.29 is 4.79 Å². The van der Waals surface area contributed by atoms with Crippen LogP contribution in [0.3, 0.4) is 0 Å². The first-order valence-corrected chi connectivity index (χ1v) is 10.2. The van der Waals surface area contributed by atoms with Crippen molar-refractivity contribution in [1.29, 1.82) is 0 Å². The van der Waals surface area contributed by atoms with Crippen LogP contribution in [-0.4, -0.2) is 37.5 Å². The van der Waals surface area contributed by atoms with Gasteiger partial charge in [0, 0.05) is 36.3 Å². The largest absolute Gasteiger partial charge is 0.368 e. The summed E-state index contributed by atoms with van der Waals surface area (Å²) in [6, 6.07) is 6.76. The second-order valence-corrected chi connectivity index (χ2v) is 10.4. The molecular weight excluding hydrogens is 376 g/mol. The summed E-state index contributed by atoms with van der Waals surface area (Å²) < 4.78 is 1.17. The van der Waals surface area contributed by atoms with Gasteiger partial charge in [-0.05, 0) is 59.8 Å². The van der Waals surface area contributed by atoms with E-state index in [9.17, 15) is 4.79 Å². The highest BCUT2D eigenvalue weighted by atomic mass is 79.9. The molecule has 0 atom stereocenters. The van der Waals surface area contributed by atoms with Crippen LogP contribution in [0, 0.1) is 10.8 Å².